The van der Waals surface area contributed by atoms with Crippen molar-refractivity contribution in [3.05, 3.63) is 35.9 Å². The van der Waals surface area contributed by atoms with Gasteiger partial charge in [-0.2, -0.15) is 0 Å². The summed E-state index contributed by atoms with van der Waals surface area (Å²) in [6.45, 7) is 4.10. The van der Waals surface area contributed by atoms with Crippen molar-refractivity contribution in [2.24, 2.45) is 0 Å². The molecule has 0 saturated carbocycles. The molecule has 1 aromatic rings. The maximum Gasteiger partial charge on any atom is 0.326 e. The van der Waals surface area contributed by atoms with Gasteiger partial charge >= 0.3 is 12.0 Å². The number of imide groups is 1. The Kier molecular flexibility index (Phi) is 6.55. The van der Waals surface area contributed by atoms with Gasteiger partial charge < -0.3 is 15.4 Å². The van der Waals surface area contributed by atoms with Gasteiger partial charge in [0.1, 0.15) is 12.1 Å². The van der Waals surface area contributed by atoms with Crippen LogP contribution in [0.5, 0.6) is 0 Å². The third-order valence-corrected chi connectivity index (χ3v) is 4.21. The summed E-state index contributed by atoms with van der Waals surface area (Å²) < 4.78 is 4.92. The van der Waals surface area contributed by atoms with Crippen LogP contribution in [0.1, 0.15) is 45.2 Å². The van der Waals surface area contributed by atoms with Gasteiger partial charge in [-0.25, -0.2) is 4.79 Å². The molecule has 1 atom stereocenters. The zero-order valence-electron chi connectivity index (χ0n) is 15.8. The van der Waals surface area contributed by atoms with Crippen LogP contribution in [0, 0.1) is 0 Å². The van der Waals surface area contributed by atoms with E-state index in [9.17, 15) is 19.2 Å². The Morgan fingerprint density at radius 1 is 1.22 bits per heavy atom. The molecule has 0 spiro atoms. The number of ether oxygens (including phenoxy) is 1. The SMILES string of the molecule is CCC[C@@H](NC(=O)COC(=O)CN1C(=O)NC(C)(C)C1=O)c1ccccc1. The second-order valence-electron chi connectivity index (χ2n) is 6.93. The van der Waals surface area contributed by atoms with Gasteiger partial charge in [0.05, 0.1) is 6.04 Å². The van der Waals surface area contributed by atoms with Crippen LogP contribution in [0.25, 0.3) is 0 Å². The monoisotopic (exact) mass is 375 g/mol. The number of nitrogens with zero attached hydrogens (tertiary/aromatic N) is 1. The molecule has 27 heavy (non-hydrogen) atoms. The first kappa shape index (κ1) is 20.4. The Hall–Kier alpha value is -2.90. The summed E-state index contributed by atoms with van der Waals surface area (Å²) in [4.78, 5) is 48.6. The van der Waals surface area contributed by atoms with Crippen LogP contribution in [0.15, 0.2) is 30.3 Å². The van der Waals surface area contributed by atoms with E-state index in [4.69, 9.17) is 4.74 Å². The van der Waals surface area contributed by atoms with Crippen molar-refractivity contribution < 1.29 is 23.9 Å². The summed E-state index contributed by atoms with van der Waals surface area (Å²) in [5, 5.41) is 5.31. The van der Waals surface area contributed by atoms with E-state index in [1.54, 1.807) is 13.8 Å². The largest absolute Gasteiger partial charge is 0.454 e. The number of rotatable bonds is 8. The minimum absolute atomic E-state index is 0.172. The highest BCUT2D eigenvalue weighted by Gasteiger charge is 2.45. The van der Waals surface area contributed by atoms with Crippen LogP contribution in [0.4, 0.5) is 4.79 Å². The Balaban J connectivity index is 1.85. The molecule has 0 aliphatic carbocycles. The van der Waals surface area contributed by atoms with Gasteiger partial charge in [0, 0.05) is 0 Å². The lowest BCUT2D eigenvalue weighted by molar-refractivity contribution is -0.151. The fourth-order valence-corrected chi connectivity index (χ4v) is 2.81. The van der Waals surface area contributed by atoms with Crippen LogP contribution in [-0.4, -0.2) is 47.4 Å². The third kappa shape index (κ3) is 5.29. The van der Waals surface area contributed by atoms with Gasteiger partial charge in [0.2, 0.25) is 0 Å². The highest BCUT2D eigenvalue weighted by molar-refractivity contribution is 6.08. The molecule has 4 amide bonds. The summed E-state index contributed by atoms with van der Waals surface area (Å²) >= 11 is 0. The van der Waals surface area contributed by atoms with E-state index < -0.39 is 42.5 Å². The lowest BCUT2D eigenvalue weighted by Gasteiger charge is -2.19. The smallest absolute Gasteiger partial charge is 0.326 e. The molecule has 8 heteroatoms. The lowest BCUT2D eigenvalue weighted by Crippen LogP contribution is -2.41. The zero-order chi connectivity index (χ0) is 20.0. The second kappa shape index (κ2) is 8.66. The minimum Gasteiger partial charge on any atom is -0.454 e. The number of benzene rings is 1. The summed E-state index contributed by atoms with van der Waals surface area (Å²) in [6.07, 6.45) is 1.63. The molecule has 1 fully saturated rings. The predicted molar refractivity (Wildman–Crippen MR) is 97.5 cm³/mol. The maximum atomic E-state index is 12.1. The highest BCUT2D eigenvalue weighted by atomic mass is 16.5. The number of hydrogen-bond donors (Lipinski definition) is 2. The molecule has 1 aliphatic heterocycles. The topological polar surface area (TPSA) is 105 Å². The van der Waals surface area contributed by atoms with E-state index in [1.165, 1.54) is 0 Å². The Morgan fingerprint density at radius 2 is 1.89 bits per heavy atom. The first-order valence-corrected chi connectivity index (χ1v) is 8.88. The summed E-state index contributed by atoms with van der Waals surface area (Å²) in [6, 6.07) is 8.70. The fourth-order valence-electron chi connectivity index (χ4n) is 2.81. The van der Waals surface area contributed by atoms with E-state index in [0.29, 0.717) is 0 Å². The first-order valence-electron chi connectivity index (χ1n) is 8.88. The maximum absolute atomic E-state index is 12.1. The lowest BCUT2D eigenvalue weighted by atomic mass is 10.0. The summed E-state index contributed by atoms with van der Waals surface area (Å²) in [5.41, 5.74) is -0.0850. The number of esters is 1. The molecular weight excluding hydrogens is 350 g/mol. The van der Waals surface area contributed by atoms with Gasteiger partial charge in [0.25, 0.3) is 11.8 Å². The van der Waals surface area contributed by atoms with E-state index in [2.05, 4.69) is 10.6 Å². The van der Waals surface area contributed by atoms with Crippen molar-refractivity contribution in [1.29, 1.82) is 0 Å². The molecule has 2 N–H and O–H groups in total. The van der Waals surface area contributed by atoms with Crippen LogP contribution in [0.2, 0.25) is 0 Å². The van der Waals surface area contributed by atoms with E-state index in [-0.39, 0.29) is 6.04 Å². The number of hydrogen-bond acceptors (Lipinski definition) is 5. The van der Waals surface area contributed by atoms with Gasteiger partial charge in [-0.05, 0) is 25.8 Å². The van der Waals surface area contributed by atoms with Crippen LogP contribution < -0.4 is 10.6 Å². The first-order chi connectivity index (χ1) is 12.7. The highest BCUT2D eigenvalue weighted by Crippen LogP contribution is 2.18. The van der Waals surface area contributed by atoms with Gasteiger partial charge in [-0.15, -0.1) is 0 Å². The zero-order valence-corrected chi connectivity index (χ0v) is 15.8. The standard InChI is InChI=1S/C19H25N3O5/c1-4-8-14(13-9-6-5-7-10-13)20-15(23)12-27-16(24)11-22-17(25)19(2,3)21-18(22)26/h5-7,9-10,14H,4,8,11-12H2,1-3H3,(H,20,23)(H,21,26)/t14-/m1/s1. The molecular formula is C19H25N3O5. The summed E-state index contributed by atoms with van der Waals surface area (Å²) in [7, 11) is 0. The van der Waals surface area contributed by atoms with Crippen molar-refractivity contribution in [3.63, 3.8) is 0 Å². The fraction of sp³-hybridized carbons (Fsp3) is 0.474. The number of carbonyl (C=O) groups excluding carboxylic acids is 4. The van der Waals surface area contributed by atoms with Gasteiger partial charge in [0.15, 0.2) is 6.61 Å². The Morgan fingerprint density at radius 3 is 2.44 bits per heavy atom. The molecule has 1 aliphatic rings. The Labute approximate surface area is 158 Å². The molecule has 0 bridgehead atoms. The van der Waals surface area contributed by atoms with Gasteiger partial charge in [-0.1, -0.05) is 43.7 Å². The molecule has 0 radical (unpaired) electrons. The minimum atomic E-state index is -1.06. The average Bonchev–Trinajstić information content (AvgIpc) is 2.82. The van der Waals surface area contributed by atoms with Crippen LogP contribution in [0.3, 0.4) is 0 Å². The Bertz CT molecular complexity index is 717. The third-order valence-electron chi connectivity index (χ3n) is 4.21. The van der Waals surface area contributed by atoms with E-state index in [0.717, 1.165) is 23.3 Å². The molecule has 0 unspecified atom stereocenters. The van der Waals surface area contributed by atoms with E-state index in [1.807, 2.05) is 37.3 Å². The molecule has 0 aromatic heterocycles. The van der Waals surface area contributed by atoms with Crippen LogP contribution in [-0.2, 0) is 19.1 Å². The van der Waals surface area contributed by atoms with Crippen molar-refractivity contribution in [2.45, 2.75) is 45.2 Å². The molecule has 8 nitrogen and oxygen atoms in total. The number of amides is 4. The van der Waals surface area contributed by atoms with Gasteiger partial charge in [-0.3, -0.25) is 19.3 Å². The molecule has 1 saturated heterocycles. The average molecular weight is 375 g/mol. The van der Waals surface area contributed by atoms with Crippen molar-refractivity contribution >= 4 is 23.8 Å². The second-order valence-corrected chi connectivity index (χ2v) is 6.93. The molecule has 1 aromatic carbocycles. The molecule has 146 valence electrons. The molecule has 2 rings (SSSR count). The van der Waals surface area contributed by atoms with Crippen molar-refractivity contribution in [3.8, 4) is 0 Å². The normalized spacial score (nSPS) is 16.6. The number of carbonyl (C=O) groups is 4. The van der Waals surface area contributed by atoms with Crippen molar-refractivity contribution in [2.75, 3.05) is 13.2 Å². The number of urea groups is 1. The van der Waals surface area contributed by atoms with Crippen molar-refractivity contribution in [1.82, 2.24) is 15.5 Å². The predicted octanol–water partition coefficient (Wildman–Crippen LogP) is 1.52. The quantitative estimate of drug-likeness (QED) is 0.529. The van der Waals surface area contributed by atoms with Crippen LogP contribution >= 0.6 is 0 Å². The van der Waals surface area contributed by atoms with E-state index >= 15 is 0 Å². The molecule has 1 heterocycles. The number of nitrogens with one attached hydrogen (secondary N) is 2. The summed E-state index contributed by atoms with van der Waals surface area (Å²) in [5.74, 6) is -1.78.